The molecule has 0 radical (unpaired) electrons. The molecule has 0 spiro atoms. The van der Waals surface area contributed by atoms with Gasteiger partial charge >= 0.3 is 12.4 Å². The number of halogens is 6. The average Bonchev–Trinajstić information content (AvgIpc) is 2.82. The number of alkyl halides is 6. The van der Waals surface area contributed by atoms with Gasteiger partial charge in [-0.25, -0.2) is 0 Å². The standard InChI is InChI=1S/C27H32F6O4/c1-5-24(6-2,21-9-10-23(18(4)14-21)37-16-22(35)15-34)20-8-7-19(17(3)13-20)11-12-25(36,26(28,29)30)27(31,32)33/h7-14,22,34-36H,5-6,15-16H2,1-4H3/b12-11+/t22-/m0/s1. The first-order valence-electron chi connectivity index (χ1n) is 11.7. The van der Waals surface area contributed by atoms with E-state index in [9.17, 15) is 36.6 Å². The van der Waals surface area contributed by atoms with Gasteiger partial charge in [0.25, 0.3) is 5.60 Å². The van der Waals surface area contributed by atoms with E-state index in [1.165, 1.54) is 6.07 Å². The van der Waals surface area contributed by atoms with Gasteiger partial charge < -0.3 is 20.1 Å². The van der Waals surface area contributed by atoms with Crippen molar-refractivity contribution in [3.05, 3.63) is 70.3 Å². The fourth-order valence-electron chi connectivity index (χ4n) is 4.30. The van der Waals surface area contributed by atoms with Gasteiger partial charge in [-0.15, -0.1) is 0 Å². The van der Waals surface area contributed by atoms with Gasteiger partial charge in [0.15, 0.2) is 0 Å². The summed E-state index contributed by atoms with van der Waals surface area (Å²) >= 11 is 0. The molecule has 4 nitrogen and oxygen atoms in total. The van der Waals surface area contributed by atoms with Gasteiger partial charge in [0.05, 0.1) is 6.61 Å². The second kappa shape index (κ2) is 11.4. The van der Waals surface area contributed by atoms with E-state index in [0.29, 0.717) is 30.2 Å². The lowest BCUT2D eigenvalue weighted by Gasteiger charge is -2.34. The molecular formula is C27H32F6O4. The summed E-state index contributed by atoms with van der Waals surface area (Å²) in [5, 5.41) is 27.9. The van der Waals surface area contributed by atoms with Crippen LogP contribution in [0.2, 0.25) is 0 Å². The van der Waals surface area contributed by atoms with Gasteiger partial charge in [-0.05, 0) is 66.6 Å². The molecule has 206 valence electrons. The summed E-state index contributed by atoms with van der Waals surface area (Å²) in [4.78, 5) is 0. The molecular weight excluding hydrogens is 502 g/mol. The number of aryl methyl sites for hydroxylation is 2. The van der Waals surface area contributed by atoms with E-state index in [0.717, 1.165) is 16.7 Å². The second-order valence-electron chi connectivity index (χ2n) is 9.08. The number of rotatable bonds is 10. The van der Waals surface area contributed by atoms with Crippen LogP contribution in [-0.2, 0) is 5.41 Å². The van der Waals surface area contributed by atoms with Gasteiger partial charge in [0.1, 0.15) is 18.5 Å². The molecule has 0 amide bonds. The molecule has 3 N–H and O–H groups in total. The largest absolute Gasteiger partial charge is 0.491 e. The molecule has 0 saturated heterocycles. The van der Waals surface area contributed by atoms with E-state index in [-0.39, 0.29) is 18.2 Å². The summed E-state index contributed by atoms with van der Waals surface area (Å²) in [6.07, 6.45) is -11.2. The van der Waals surface area contributed by atoms with E-state index in [4.69, 9.17) is 9.84 Å². The summed E-state index contributed by atoms with van der Waals surface area (Å²) in [6, 6.07) is 10.4. The molecule has 37 heavy (non-hydrogen) atoms. The van der Waals surface area contributed by atoms with Crippen LogP contribution in [0.1, 0.15) is 54.5 Å². The Balaban J connectivity index is 2.47. The lowest BCUT2D eigenvalue weighted by molar-refractivity contribution is -0.347. The zero-order valence-electron chi connectivity index (χ0n) is 21.0. The first kappa shape index (κ1) is 30.7. The maximum Gasteiger partial charge on any atom is 0.430 e. The van der Waals surface area contributed by atoms with Crippen molar-refractivity contribution in [3.63, 3.8) is 0 Å². The van der Waals surface area contributed by atoms with Crippen molar-refractivity contribution in [1.82, 2.24) is 0 Å². The molecule has 0 unspecified atom stereocenters. The Morgan fingerprint density at radius 2 is 1.38 bits per heavy atom. The van der Waals surface area contributed by atoms with Crippen LogP contribution in [0.15, 0.2) is 42.5 Å². The molecule has 0 aliphatic heterocycles. The minimum atomic E-state index is -5.93. The molecule has 0 bridgehead atoms. The molecule has 2 aromatic rings. The number of ether oxygens (including phenoxy) is 1. The predicted octanol–water partition coefficient (Wildman–Crippen LogP) is 6.01. The van der Waals surface area contributed by atoms with Gasteiger partial charge in [0.2, 0.25) is 0 Å². The highest BCUT2D eigenvalue weighted by Crippen LogP contribution is 2.45. The van der Waals surface area contributed by atoms with Crippen LogP contribution in [0.25, 0.3) is 6.08 Å². The van der Waals surface area contributed by atoms with Crippen molar-refractivity contribution in [1.29, 1.82) is 0 Å². The Morgan fingerprint density at radius 3 is 1.81 bits per heavy atom. The van der Waals surface area contributed by atoms with Crippen molar-refractivity contribution in [3.8, 4) is 5.75 Å². The summed E-state index contributed by atoms with van der Waals surface area (Å²) in [5.41, 5.74) is -2.34. The molecule has 1 atom stereocenters. The number of benzene rings is 2. The van der Waals surface area contributed by atoms with E-state index < -0.39 is 36.1 Å². The second-order valence-corrected chi connectivity index (χ2v) is 9.08. The SMILES string of the molecule is CCC(CC)(c1ccc(/C=C/C(O)(C(F)(F)F)C(F)(F)F)c(C)c1)c1ccc(OC[C@@H](O)CO)c(C)c1. The first-order chi connectivity index (χ1) is 17.1. The fraction of sp³-hybridized carbons (Fsp3) is 0.481. The fourth-order valence-corrected chi connectivity index (χ4v) is 4.30. The van der Waals surface area contributed by atoms with Crippen LogP contribution in [0.5, 0.6) is 5.75 Å². The maximum atomic E-state index is 13.0. The highest BCUT2D eigenvalue weighted by Gasteiger charge is 2.68. The van der Waals surface area contributed by atoms with Gasteiger partial charge in [-0.1, -0.05) is 50.3 Å². The Labute approximate surface area is 212 Å². The average molecular weight is 535 g/mol. The molecule has 0 heterocycles. The number of hydrogen-bond donors (Lipinski definition) is 3. The quantitative estimate of drug-likeness (QED) is 0.327. The van der Waals surface area contributed by atoms with Crippen molar-refractivity contribution in [2.24, 2.45) is 0 Å². The van der Waals surface area contributed by atoms with Gasteiger partial charge in [0, 0.05) is 5.41 Å². The third-order valence-corrected chi connectivity index (χ3v) is 6.77. The zero-order valence-corrected chi connectivity index (χ0v) is 21.0. The van der Waals surface area contributed by atoms with E-state index in [1.807, 2.05) is 32.9 Å². The van der Waals surface area contributed by atoms with Crippen LogP contribution in [0.4, 0.5) is 26.3 Å². The normalized spacial score (nSPS) is 14.3. The van der Waals surface area contributed by atoms with Crippen LogP contribution < -0.4 is 4.74 Å². The number of hydrogen-bond acceptors (Lipinski definition) is 4. The molecule has 0 fully saturated rings. The smallest absolute Gasteiger partial charge is 0.430 e. The van der Waals surface area contributed by atoms with Crippen molar-refractivity contribution in [2.75, 3.05) is 13.2 Å². The maximum absolute atomic E-state index is 13.0. The number of aliphatic hydroxyl groups excluding tert-OH is 2. The Hall–Kier alpha value is -2.56. The molecule has 0 aliphatic rings. The molecule has 2 rings (SSSR count). The minimum Gasteiger partial charge on any atom is -0.491 e. The minimum absolute atomic E-state index is 0.0740. The Bertz CT molecular complexity index is 1070. The van der Waals surface area contributed by atoms with Crippen molar-refractivity contribution < 1.29 is 46.4 Å². The molecule has 0 saturated carbocycles. The predicted molar refractivity (Wildman–Crippen MR) is 128 cm³/mol. The first-order valence-corrected chi connectivity index (χ1v) is 11.7. The lowest BCUT2D eigenvalue weighted by Crippen LogP contribution is -2.55. The number of aliphatic hydroxyl groups is 3. The summed E-state index contributed by atoms with van der Waals surface area (Å²) in [7, 11) is 0. The topological polar surface area (TPSA) is 69.9 Å². The van der Waals surface area contributed by atoms with E-state index in [2.05, 4.69) is 0 Å². The van der Waals surface area contributed by atoms with Crippen LogP contribution >= 0.6 is 0 Å². The van der Waals surface area contributed by atoms with Crippen LogP contribution in [0.3, 0.4) is 0 Å². The molecule has 0 aliphatic carbocycles. The zero-order chi connectivity index (χ0) is 28.2. The molecule has 2 aromatic carbocycles. The lowest BCUT2D eigenvalue weighted by atomic mass is 9.70. The monoisotopic (exact) mass is 534 g/mol. The highest BCUT2D eigenvalue weighted by molar-refractivity contribution is 5.57. The van der Waals surface area contributed by atoms with Gasteiger partial charge in [-0.2, -0.15) is 26.3 Å². The van der Waals surface area contributed by atoms with E-state index in [1.54, 1.807) is 25.1 Å². The summed E-state index contributed by atoms with van der Waals surface area (Å²) in [5.74, 6) is 0.538. The highest BCUT2D eigenvalue weighted by atomic mass is 19.4. The van der Waals surface area contributed by atoms with E-state index >= 15 is 0 Å². The third-order valence-electron chi connectivity index (χ3n) is 6.77. The summed E-state index contributed by atoms with van der Waals surface area (Å²) in [6.45, 7) is 6.88. The van der Waals surface area contributed by atoms with Gasteiger partial charge in [-0.3, -0.25) is 0 Å². The van der Waals surface area contributed by atoms with Crippen molar-refractivity contribution >= 4 is 6.08 Å². The Morgan fingerprint density at radius 1 is 0.865 bits per heavy atom. The van der Waals surface area contributed by atoms with Crippen LogP contribution in [-0.4, -0.2) is 52.6 Å². The molecule has 0 aromatic heterocycles. The van der Waals surface area contributed by atoms with Crippen molar-refractivity contribution in [2.45, 2.75) is 70.0 Å². The summed E-state index contributed by atoms with van der Waals surface area (Å²) < 4.78 is 83.7. The third kappa shape index (κ3) is 6.30. The molecule has 10 heteroatoms. The Kier molecular flexibility index (Phi) is 9.49. The van der Waals surface area contributed by atoms with Crippen LogP contribution in [0, 0.1) is 13.8 Å².